The Morgan fingerprint density at radius 1 is 1.25 bits per heavy atom. The van der Waals surface area contributed by atoms with Gasteiger partial charge in [0.25, 0.3) is 5.91 Å². The van der Waals surface area contributed by atoms with Crippen LogP contribution in [0.2, 0.25) is 0 Å². The second-order valence-electron chi connectivity index (χ2n) is 5.20. The van der Waals surface area contributed by atoms with E-state index in [4.69, 9.17) is 4.42 Å². The zero-order valence-corrected chi connectivity index (χ0v) is 14.7. The van der Waals surface area contributed by atoms with Crippen molar-refractivity contribution in [3.63, 3.8) is 0 Å². The SMILES string of the molecule is CSc1ccccc1C(=O)NCC(O)(c1ccco1)c1cccs1. The second-order valence-corrected chi connectivity index (χ2v) is 6.99. The Hall–Kier alpha value is -2.02. The van der Waals surface area contributed by atoms with Crippen molar-refractivity contribution in [1.82, 2.24) is 5.32 Å². The number of carbonyl (C=O) groups excluding carboxylic acids is 1. The molecular weight excluding hydrogens is 342 g/mol. The Kier molecular flexibility index (Phi) is 5.08. The highest BCUT2D eigenvalue weighted by molar-refractivity contribution is 7.98. The van der Waals surface area contributed by atoms with Gasteiger partial charge in [0.15, 0.2) is 5.60 Å². The minimum absolute atomic E-state index is 0.0303. The highest BCUT2D eigenvalue weighted by Crippen LogP contribution is 2.32. The van der Waals surface area contributed by atoms with E-state index in [0.717, 1.165) is 9.77 Å². The lowest BCUT2D eigenvalue weighted by Gasteiger charge is -2.25. The van der Waals surface area contributed by atoms with Gasteiger partial charge in [-0.1, -0.05) is 18.2 Å². The molecule has 2 aromatic heterocycles. The van der Waals surface area contributed by atoms with Gasteiger partial charge in [-0.05, 0) is 42.0 Å². The number of thiophene rings is 1. The van der Waals surface area contributed by atoms with Crippen molar-refractivity contribution in [2.45, 2.75) is 10.5 Å². The van der Waals surface area contributed by atoms with Gasteiger partial charge < -0.3 is 14.8 Å². The van der Waals surface area contributed by atoms with Gasteiger partial charge in [-0.15, -0.1) is 23.1 Å². The van der Waals surface area contributed by atoms with E-state index in [2.05, 4.69) is 5.32 Å². The second kappa shape index (κ2) is 7.25. The average molecular weight is 359 g/mol. The molecule has 1 aromatic carbocycles. The Morgan fingerprint density at radius 3 is 2.75 bits per heavy atom. The maximum Gasteiger partial charge on any atom is 0.252 e. The third kappa shape index (κ3) is 3.26. The van der Waals surface area contributed by atoms with E-state index in [1.807, 2.05) is 42.0 Å². The van der Waals surface area contributed by atoms with Gasteiger partial charge in [-0.25, -0.2) is 0 Å². The third-order valence-electron chi connectivity index (χ3n) is 3.71. The molecule has 3 rings (SSSR count). The molecule has 1 unspecified atom stereocenters. The molecule has 1 atom stereocenters. The Labute approximate surface area is 148 Å². The molecule has 0 radical (unpaired) electrons. The molecule has 0 aliphatic heterocycles. The molecule has 0 saturated heterocycles. The average Bonchev–Trinajstić information content (AvgIpc) is 3.33. The number of amides is 1. The fraction of sp³-hybridized carbons (Fsp3) is 0.167. The van der Waals surface area contributed by atoms with Gasteiger partial charge in [0.05, 0.1) is 18.4 Å². The lowest BCUT2D eigenvalue weighted by atomic mass is 9.98. The van der Waals surface area contributed by atoms with E-state index in [1.165, 1.54) is 29.4 Å². The maximum atomic E-state index is 12.5. The van der Waals surface area contributed by atoms with Crippen molar-refractivity contribution >= 4 is 29.0 Å². The summed E-state index contributed by atoms with van der Waals surface area (Å²) in [5.41, 5.74) is -0.792. The summed E-state index contributed by atoms with van der Waals surface area (Å²) in [5, 5.41) is 15.9. The zero-order valence-electron chi connectivity index (χ0n) is 13.1. The van der Waals surface area contributed by atoms with E-state index in [-0.39, 0.29) is 12.5 Å². The van der Waals surface area contributed by atoms with Crippen molar-refractivity contribution in [2.75, 3.05) is 12.8 Å². The van der Waals surface area contributed by atoms with Gasteiger partial charge in [-0.2, -0.15) is 0 Å². The van der Waals surface area contributed by atoms with Crippen LogP contribution >= 0.6 is 23.1 Å². The number of hydrogen-bond donors (Lipinski definition) is 2. The lowest BCUT2D eigenvalue weighted by Crippen LogP contribution is -2.41. The highest BCUT2D eigenvalue weighted by atomic mass is 32.2. The minimum Gasteiger partial charge on any atom is -0.466 e. The van der Waals surface area contributed by atoms with Gasteiger partial charge in [0, 0.05) is 9.77 Å². The first-order valence-electron chi connectivity index (χ1n) is 7.36. The summed E-state index contributed by atoms with van der Waals surface area (Å²) >= 11 is 2.93. The summed E-state index contributed by atoms with van der Waals surface area (Å²) in [6, 6.07) is 14.5. The van der Waals surface area contributed by atoms with Crippen molar-refractivity contribution in [3.05, 3.63) is 76.4 Å². The molecule has 2 heterocycles. The first kappa shape index (κ1) is 16.8. The lowest BCUT2D eigenvalue weighted by molar-refractivity contribution is 0.0553. The number of rotatable bonds is 6. The molecule has 1 amide bonds. The molecule has 0 spiro atoms. The molecule has 124 valence electrons. The number of furan rings is 1. The van der Waals surface area contributed by atoms with Crippen LogP contribution in [0.5, 0.6) is 0 Å². The number of thioether (sulfide) groups is 1. The molecule has 0 bridgehead atoms. The topological polar surface area (TPSA) is 62.5 Å². The summed E-state index contributed by atoms with van der Waals surface area (Å²) in [7, 11) is 0. The summed E-state index contributed by atoms with van der Waals surface area (Å²) in [4.78, 5) is 14.2. The number of nitrogens with one attached hydrogen (secondary N) is 1. The number of aliphatic hydroxyl groups is 1. The Bertz CT molecular complexity index is 763. The van der Waals surface area contributed by atoms with Gasteiger partial charge >= 0.3 is 0 Å². The molecule has 24 heavy (non-hydrogen) atoms. The van der Waals surface area contributed by atoms with Crippen LogP contribution in [0, 0.1) is 0 Å². The Morgan fingerprint density at radius 2 is 2.08 bits per heavy atom. The smallest absolute Gasteiger partial charge is 0.252 e. The van der Waals surface area contributed by atoms with E-state index < -0.39 is 5.60 Å². The first-order valence-corrected chi connectivity index (χ1v) is 9.47. The molecule has 4 nitrogen and oxygen atoms in total. The summed E-state index contributed by atoms with van der Waals surface area (Å²) in [6.45, 7) is 0.0303. The standard InChI is InChI=1S/C18H17NO3S2/c1-23-14-7-3-2-6-13(14)17(20)19-12-18(21,15-8-4-10-22-15)16-9-5-11-24-16/h2-11,21H,12H2,1H3,(H,19,20). The number of carbonyl (C=O) groups is 1. The van der Waals surface area contributed by atoms with Gasteiger partial charge in [-0.3, -0.25) is 4.79 Å². The van der Waals surface area contributed by atoms with E-state index in [0.29, 0.717) is 11.3 Å². The normalized spacial score (nSPS) is 13.4. The van der Waals surface area contributed by atoms with Crippen molar-refractivity contribution < 1.29 is 14.3 Å². The minimum atomic E-state index is -1.39. The molecule has 0 aliphatic carbocycles. The highest BCUT2D eigenvalue weighted by Gasteiger charge is 2.36. The Balaban J connectivity index is 1.83. The predicted molar refractivity (Wildman–Crippen MR) is 96.6 cm³/mol. The van der Waals surface area contributed by atoms with Crippen molar-refractivity contribution in [2.24, 2.45) is 0 Å². The molecule has 2 N–H and O–H groups in total. The van der Waals surface area contributed by atoms with Gasteiger partial charge in [0.2, 0.25) is 0 Å². The van der Waals surface area contributed by atoms with Crippen LogP contribution in [0.4, 0.5) is 0 Å². The molecule has 0 saturated carbocycles. The van der Waals surface area contributed by atoms with Crippen LogP contribution < -0.4 is 5.32 Å². The van der Waals surface area contributed by atoms with Crippen LogP contribution in [0.1, 0.15) is 21.0 Å². The van der Waals surface area contributed by atoms with Crippen LogP contribution in [-0.4, -0.2) is 23.8 Å². The molecule has 3 aromatic rings. The summed E-state index contributed by atoms with van der Waals surface area (Å²) in [5.74, 6) is 0.185. The zero-order chi connectivity index (χ0) is 17.0. The van der Waals surface area contributed by atoms with E-state index >= 15 is 0 Å². The molecule has 0 fully saturated rings. The summed E-state index contributed by atoms with van der Waals surface area (Å²) < 4.78 is 5.41. The van der Waals surface area contributed by atoms with Crippen LogP contribution in [0.3, 0.4) is 0 Å². The summed E-state index contributed by atoms with van der Waals surface area (Å²) in [6.07, 6.45) is 3.44. The third-order valence-corrected chi connectivity index (χ3v) is 5.53. The molecule has 0 aliphatic rings. The fourth-order valence-corrected chi connectivity index (χ4v) is 3.88. The van der Waals surface area contributed by atoms with E-state index in [9.17, 15) is 9.90 Å². The monoisotopic (exact) mass is 359 g/mol. The molecular formula is C18H17NO3S2. The number of hydrogen-bond acceptors (Lipinski definition) is 5. The van der Waals surface area contributed by atoms with Gasteiger partial charge in [0.1, 0.15) is 5.76 Å². The van der Waals surface area contributed by atoms with Crippen LogP contribution in [0.25, 0.3) is 0 Å². The quantitative estimate of drug-likeness (QED) is 0.658. The van der Waals surface area contributed by atoms with E-state index in [1.54, 1.807) is 18.2 Å². The number of benzene rings is 1. The maximum absolute atomic E-state index is 12.5. The van der Waals surface area contributed by atoms with Crippen LogP contribution in [-0.2, 0) is 5.60 Å². The van der Waals surface area contributed by atoms with Crippen LogP contribution in [0.15, 0.2) is 69.5 Å². The predicted octanol–water partition coefficient (Wildman–Crippen LogP) is 3.73. The first-order chi connectivity index (χ1) is 11.6. The molecule has 6 heteroatoms. The fourth-order valence-electron chi connectivity index (χ4n) is 2.46. The van der Waals surface area contributed by atoms with Crippen molar-refractivity contribution in [1.29, 1.82) is 0 Å². The largest absolute Gasteiger partial charge is 0.466 e. The van der Waals surface area contributed by atoms with Crippen molar-refractivity contribution in [3.8, 4) is 0 Å².